The van der Waals surface area contributed by atoms with Crippen molar-refractivity contribution in [2.45, 2.75) is 6.04 Å². The van der Waals surface area contributed by atoms with Crippen LogP contribution in [-0.2, 0) is 0 Å². The second-order valence-electron chi connectivity index (χ2n) is 1.77. The fourth-order valence-corrected chi connectivity index (χ4v) is 1.94. The molecule has 1 atom stereocenters. The van der Waals surface area contributed by atoms with Crippen molar-refractivity contribution in [2.24, 2.45) is 5.73 Å². The molecule has 4 heteroatoms. The zero-order valence-electron chi connectivity index (χ0n) is 5.04. The maximum atomic E-state index is 8.41. The average Bonchev–Trinajstić information content (AvgIpc) is 2.34. The summed E-state index contributed by atoms with van der Waals surface area (Å²) in [5.74, 6) is 0. The standard InChI is InChI=1S/C6H5BrN2S/c7-4-1-6(10-3-4)5(9)2-8/h1,3,5H,9H2/t5-/m0/s1. The molecule has 0 saturated heterocycles. The molecule has 0 saturated carbocycles. The smallest absolute Gasteiger partial charge is 0.128 e. The summed E-state index contributed by atoms with van der Waals surface area (Å²) in [5.41, 5.74) is 5.44. The summed E-state index contributed by atoms with van der Waals surface area (Å²) in [6.45, 7) is 0. The zero-order valence-corrected chi connectivity index (χ0v) is 7.45. The van der Waals surface area contributed by atoms with E-state index in [1.165, 1.54) is 11.3 Å². The molecular formula is C6H5BrN2S. The van der Waals surface area contributed by atoms with Crippen LogP contribution in [0.4, 0.5) is 0 Å². The minimum Gasteiger partial charge on any atom is -0.312 e. The first-order chi connectivity index (χ1) is 4.74. The molecule has 0 unspecified atom stereocenters. The maximum Gasteiger partial charge on any atom is 0.128 e. The molecule has 2 nitrogen and oxygen atoms in total. The highest BCUT2D eigenvalue weighted by Gasteiger charge is 2.05. The monoisotopic (exact) mass is 216 g/mol. The number of rotatable bonds is 1. The predicted molar refractivity (Wildman–Crippen MR) is 44.6 cm³/mol. The number of nitrogens with two attached hydrogens (primary N) is 1. The minimum atomic E-state index is -0.476. The molecule has 1 aromatic heterocycles. The van der Waals surface area contributed by atoms with Gasteiger partial charge in [0, 0.05) is 14.7 Å². The van der Waals surface area contributed by atoms with Crippen LogP contribution in [0, 0.1) is 11.3 Å². The van der Waals surface area contributed by atoms with E-state index < -0.39 is 6.04 Å². The van der Waals surface area contributed by atoms with Gasteiger partial charge in [-0.25, -0.2) is 0 Å². The number of nitriles is 1. The van der Waals surface area contributed by atoms with Crippen molar-refractivity contribution in [1.82, 2.24) is 0 Å². The molecule has 1 rings (SSSR count). The van der Waals surface area contributed by atoms with Gasteiger partial charge in [-0.2, -0.15) is 5.26 Å². The first kappa shape index (κ1) is 7.73. The van der Waals surface area contributed by atoms with Crippen LogP contribution >= 0.6 is 27.3 Å². The molecule has 1 aromatic rings. The van der Waals surface area contributed by atoms with Crippen molar-refractivity contribution in [3.8, 4) is 6.07 Å². The van der Waals surface area contributed by atoms with Gasteiger partial charge in [0.15, 0.2) is 0 Å². The van der Waals surface area contributed by atoms with Gasteiger partial charge in [0.05, 0.1) is 6.07 Å². The summed E-state index contributed by atoms with van der Waals surface area (Å²) in [6.07, 6.45) is 0. The normalized spacial score (nSPS) is 12.5. The van der Waals surface area contributed by atoms with E-state index in [9.17, 15) is 0 Å². The van der Waals surface area contributed by atoms with Gasteiger partial charge in [-0.05, 0) is 22.0 Å². The van der Waals surface area contributed by atoms with E-state index in [0.29, 0.717) is 0 Å². The molecule has 2 N–H and O–H groups in total. The van der Waals surface area contributed by atoms with Crippen LogP contribution in [0.2, 0.25) is 0 Å². The average molecular weight is 217 g/mol. The fraction of sp³-hybridized carbons (Fsp3) is 0.167. The third-order valence-electron chi connectivity index (χ3n) is 1.03. The second-order valence-corrected chi connectivity index (χ2v) is 3.63. The number of thiophene rings is 1. The molecule has 0 fully saturated rings. The SMILES string of the molecule is N#C[C@H](N)c1cc(Br)cs1. The van der Waals surface area contributed by atoms with Crippen molar-refractivity contribution in [1.29, 1.82) is 5.26 Å². The molecule has 0 spiro atoms. The van der Waals surface area contributed by atoms with E-state index in [0.717, 1.165) is 9.35 Å². The third-order valence-corrected chi connectivity index (χ3v) is 2.81. The lowest BCUT2D eigenvalue weighted by Gasteiger charge is -1.93. The van der Waals surface area contributed by atoms with Crippen molar-refractivity contribution in [2.75, 3.05) is 0 Å². The lowest BCUT2D eigenvalue weighted by atomic mass is 10.3. The first-order valence-corrected chi connectivity index (χ1v) is 4.30. The van der Waals surface area contributed by atoms with Gasteiger partial charge >= 0.3 is 0 Å². The highest BCUT2D eigenvalue weighted by Crippen LogP contribution is 2.23. The van der Waals surface area contributed by atoms with Crippen LogP contribution in [0.15, 0.2) is 15.9 Å². The van der Waals surface area contributed by atoms with Crippen LogP contribution in [-0.4, -0.2) is 0 Å². The quantitative estimate of drug-likeness (QED) is 0.782. The summed E-state index contributed by atoms with van der Waals surface area (Å²) in [6, 6.07) is 3.35. The summed E-state index contributed by atoms with van der Waals surface area (Å²) >= 11 is 4.76. The maximum absolute atomic E-state index is 8.41. The predicted octanol–water partition coefficient (Wildman–Crippen LogP) is 2.03. The Kier molecular flexibility index (Phi) is 2.44. The summed E-state index contributed by atoms with van der Waals surface area (Å²) in [7, 11) is 0. The zero-order chi connectivity index (χ0) is 7.56. The molecule has 1 heterocycles. The Bertz CT molecular complexity index is 263. The topological polar surface area (TPSA) is 49.8 Å². The minimum absolute atomic E-state index is 0.476. The highest BCUT2D eigenvalue weighted by atomic mass is 79.9. The molecule has 52 valence electrons. The second kappa shape index (κ2) is 3.15. The third kappa shape index (κ3) is 1.57. The van der Waals surface area contributed by atoms with Crippen molar-refractivity contribution in [3.05, 3.63) is 20.8 Å². The number of hydrogen-bond donors (Lipinski definition) is 1. The summed E-state index contributed by atoms with van der Waals surface area (Å²) < 4.78 is 0.984. The first-order valence-electron chi connectivity index (χ1n) is 2.63. The molecule has 0 radical (unpaired) electrons. The lowest BCUT2D eigenvalue weighted by Crippen LogP contribution is -2.04. The van der Waals surface area contributed by atoms with Crippen LogP contribution in [0.1, 0.15) is 10.9 Å². The highest BCUT2D eigenvalue weighted by molar-refractivity contribution is 9.10. The molecule has 0 aliphatic carbocycles. The molecular weight excluding hydrogens is 212 g/mol. The fourth-order valence-electron chi connectivity index (χ4n) is 0.555. The largest absolute Gasteiger partial charge is 0.312 e. The van der Waals surface area contributed by atoms with Crippen molar-refractivity contribution in [3.63, 3.8) is 0 Å². The van der Waals surface area contributed by atoms with E-state index in [4.69, 9.17) is 11.0 Å². The van der Waals surface area contributed by atoms with Crippen LogP contribution in [0.5, 0.6) is 0 Å². The van der Waals surface area contributed by atoms with Crippen molar-refractivity contribution >= 4 is 27.3 Å². The molecule has 0 aromatic carbocycles. The van der Waals surface area contributed by atoms with E-state index >= 15 is 0 Å². The van der Waals surface area contributed by atoms with Crippen LogP contribution < -0.4 is 5.73 Å². The molecule has 0 amide bonds. The Morgan fingerprint density at radius 3 is 2.90 bits per heavy atom. The summed E-state index contributed by atoms with van der Waals surface area (Å²) in [5, 5.41) is 10.3. The Labute approximate surface area is 71.4 Å². The van der Waals surface area contributed by atoms with Gasteiger partial charge in [0.25, 0.3) is 0 Å². The molecule has 0 aliphatic heterocycles. The lowest BCUT2D eigenvalue weighted by molar-refractivity contribution is 0.951. The van der Waals surface area contributed by atoms with E-state index in [-0.39, 0.29) is 0 Å². The van der Waals surface area contributed by atoms with Gasteiger partial charge in [-0.3, -0.25) is 0 Å². The van der Waals surface area contributed by atoms with E-state index in [2.05, 4.69) is 15.9 Å². The Hall–Kier alpha value is -0.370. The van der Waals surface area contributed by atoms with Crippen LogP contribution in [0.3, 0.4) is 0 Å². The molecule has 0 bridgehead atoms. The summed E-state index contributed by atoms with van der Waals surface area (Å²) in [4.78, 5) is 0.898. The number of hydrogen-bond acceptors (Lipinski definition) is 3. The number of nitrogens with zero attached hydrogens (tertiary/aromatic N) is 1. The Balaban J connectivity index is 2.87. The van der Waals surface area contributed by atoms with Gasteiger partial charge in [-0.15, -0.1) is 11.3 Å². The van der Waals surface area contributed by atoms with Crippen molar-refractivity contribution < 1.29 is 0 Å². The van der Waals surface area contributed by atoms with Gasteiger partial charge in [0.2, 0.25) is 0 Å². The number of halogens is 1. The van der Waals surface area contributed by atoms with Gasteiger partial charge in [0.1, 0.15) is 6.04 Å². The van der Waals surface area contributed by atoms with Crippen LogP contribution in [0.25, 0.3) is 0 Å². The van der Waals surface area contributed by atoms with E-state index in [1.807, 2.05) is 17.5 Å². The molecule has 10 heavy (non-hydrogen) atoms. The Morgan fingerprint density at radius 1 is 1.80 bits per heavy atom. The van der Waals surface area contributed by atoms with Gasteiger partial charge < -0.3 is 5.73 Å². The Morgan fingerprint density at radius 2 is 2.50 bits per heavy atom. The molecule has 0 aliphatic rings. The van der Waals surface area contributed by atoms with E-state index in [1.54, 1.807) is 0 Å². The van der Waals surface area contributed by atoms with Gasteiger partial charge in [-0.1, -0.05) is 0 Å².